The largest absolute Gasteiger partial charge is 0.274 e. The van der Waals surface area contributed by atoms with E-state index in [0.29, 0.717) is 11.1 Å². The van der Waals surface area contributed by atoms with Gasteiger partial charge in [0.25, 0.3) is 23.2 Å². The molecule has 4 fully saturated rings. The Hall–Kier alpha value is -4.96. The Bertz CT molecular complexity index is 2080. The lowest BCUT2D eigenvalue weighted by molar-refractivity contribution is -0.385. The zero-order chi connectivity index (χ0) is 36.9. The number of nitro benzene ring substituents is 2. The van der Waals surface area contributed by atoms with Crippen molar-refractivity contribution >= 4 is 92.8 Å². The molecule has 0 aromatic heterocycles. The van der Waals surface area contributed by atoms with Crippen LogP contribution in [0.15, 0.2) is 84.9 Å². The molecule has 4 heterocycles. The van der Waals surface area contributed by atoms with Gasteiger partial charge in [-0.1, -0.05) is 70.7 Å². The van der Waals surface area contributed by atoms with Gasteiger partial charge in [-0.15, -0.1) is 0 Å². The van der Waals surface area contributed by atoms with Crippen molar-refractivity contribution in [3.63, 3.8) is 0 Å². The minimum Gasteiger partial charge on any atom is -0.274 e. The monoisotopic (exact) mass is 780 g/mol. The molecule has 0 saturated carbocycles. The van der Waals surface area contributed by atoms with Gasteiger partial charge in [0.2, 0.25) is 11.8 Å². The molecule has 14 nitrogen and oxygen atoms in total. The first-order valence-electron chi connectivity index (χ1n) is 15.5. The number of benzene rings is 4. The molecule has 52 heavy (non-hydrogen) atoms. The molecule has 4 amide bonds. The van der Waals surface area contributed by atoms with Crippen molar-refractivity contribution in [2.24, 2.45) is 11.8 Å². The van der Waals surface area contributed by atoms with Gasteiger partial charge >= 0.3 is 0 Å². The van der Waals surface area contributed by atoms with Gasteiger partial charge in [-0.05, 0) is 47.5 Å². The molecule has 18 heteroatoms. The SMILES string of the molecule is O=C1C2C(C(=O)N1c1cc(Cl)cc(Cl)c1)N1C(c3ccc([N+](=O)[O-])cc3)C3C(=O)N(c4cc(Cl)cc(Cl)c4)C(=O)C3N1C2c1ccc([N+](=O)[O-])cc1. The Morgan fingerprint density at radius 2 is 0.769 bits per heavy atom. The summed E-state index contributed by atoms with van der Waals surface area (Å²) in [5.74, 6) is -5.14. The summed E-state index contributed by atoms with van der Waals surface area (Å²) in [5, 5.41) is 26.9. The van der Waals surface area contributed by atoms with Crippen molar-refractivity contribution in [1.29, 1.82) is 0 Å². The van der Waals surface area contributed by atoms with E-state index < -0.39 is 69.5 Å². The van der Waals surface area contributed by atoms with E-state index in [-0.39, 0.29) is 42.8 Å². The summed E-state index contributed by atoms with van der Waals surface area (Å²) in [6.45, 7) is 0. The Balaban J connectivity index is 1.34. The molecule has 0 radical (unpaired) electrons. The summed E-state index contributed by atoms with van der Waals surface area (Å²) in [6, 6.07) is 14.4. The number of hydrogen-bond acceptors (Lipinski definition) is 10. The lowest BCUT2D eigenvalue weighted by Gasteiger charge is -2.35. The van der Waals surface area contributed by atoms with Gasteiger partial charge in [-0.3, -0.25) is 39.4 Å². The minimum absolute atomic E-state index is 0.0957. The van der Waals surface area contributed by atoms with Crippen LogP contribution in [-0.2, 0) is 19.2 Å². The van der Waals surface area contributed by atoms with Crippen LogP contribution in [0.2, 0.25) is 20.1 Å². The number of carbonyl (C=O) groups is 4. The van der Waals surface area contributed by atoms with E-state index in [1.54, 1.807) is 0 Å². The van der Waals surface area contributed by atoms with E-state index in [1.807, 2.05) is 0 Å². The number of anilines is 2. The van der Waals surface area contributed by atoms with E-state index in [1.165, 1.54) is 94.9 Å². The number of carbonyl (C=O) groups excluding carboxylic acids is 4. The fourth-order valence-electron chi connectivity index (χ4n) is 7.93. The van der Waals surface area contributed by atoms with Gasteiger partial charge < -0.3 is 0 Å². The molecule has 8 rings (SSSR count). The summed E-state index contributed by atoms with van der Waals surface area (Å²) in [4.78, 5) is 82.2. The predicted molar refractivity (Wildman–Crippen MR) is 188 cm³/mol. The van der Waals surface area contributed by atoms with E-state index in [2.05, 4.69) is 0 Å². The summed E-state index contributed by atoms with van der Waals surface area (Å²) >= 11 is 25.1. The van der Waals surface area contributed by atoms with Crippen LogP contribution in [0.3, 0.4) is 0 Å². The number of halogens is 4. The minimum atomic E-state index is -1.30. The maximum atomic E-state index is 14.6. The first kappa shape index (κ1) is 34.1. The molecule has 4 aliphatic heterocycles. The Labute approximate surface area is 312 Å². The van der Waals surface area contributed by atoms with Gasteiger partial charge in [-0.25, -0.2) is 19.8 Å². The molecule has 0 spiro atoms. The second kappa shape index (κ2) is 12.3. The molecule has 6 atom stereocenters. The first-order valence-corrected chi connectivity index (χ1v) is 17.0. The second-order valence-corrected chi connectivity index (χ2v) is 14.3. The topological polar surface area (TPSA) is 168 Å². The van der Waals surface area contributed by atoms with Gasteiger partial charge in [0.15, 0.2) is 0 Å². The zero-order valence-corrected chi connectivity index (χ0v) is 29.0. The summed E-state index contributed by atoms with van der Waals surface area (Å²) in [7, 11) is 0. The third-order valence-corrected chi connectivity index (χ3v) is 10.7. The van der Waals surface area contributed by atoms with Crippen LogP contribution in [0.25, 0.3) is 0 Å². The van der Waals surface area contributed by atoms with Crippen LogP contribution >= 0.6 is 46.4 Å². The highest BCUT2D eigenvalue weighted by Gasteiger charge is 2.73. The quantitative estimate of drug-likeness (QED) is 0.119. The van der Waals surface area contributed by atoms with E-state index in [4.69, 9.17) is 46.4 Å². The molecule has 6 unspecified atom stereocenters. The number of hydrazine groups is 1. The third kappa shape index (κ3) is 5.09. The average molecular weight is 782 g/mol. The fourth-order valence-corrected chi connectivity index (χ4v) is 8.96. The van der Waals surface area contributed by atoms with Crippen LogP contribution in [0.1, 0.15) is 23.2 Å². The number of hydrogen-bond donors (Lipinski definition) is 0. The van der Waals surface area contributed by atoms with E-state index >= 15 is 0 Å². The molecule has 4 aromatic carbocycles. The Kier molecular flexibility index (Phi) is 8.09. The Morgan fingerprint density at radius 3 is 1.06 bits per heavy atom. The van der Waals surface area contributed by atoms with Crippen molar-refractivity contribution < 1.29 is 29.0 Å². The molecule has 0 aliphatic carbocycles. The Morgan fingerprint density at radius 1 is 0.462 bits per heavy atom. The van der Waals surface area contributed by atoms with Crippen LogP contribution in [0.4, 0.5) is 22.7 Å². The number of amides is 4. The molecule has 0 N–H and O–H groups in total. The fraction of sp³-hybridized carbons (Fsp3) is 0.176. The smallest absolute Gasteiger partial charge is 0.269 e. The van der Waals surface area contributed by atoms with Crippen molar-refractivity contribution in [1.82, 2.24) is 10.0 Å². The molecular formula is C34H20Cl4N6O8. The standard InChI is InChI=1S/C34H20Cl4N6O8/c35-17-9-18(36)12-23(11-17)39-31(45)25-27(15-1-5-21(6-2-15)43(49)50)41-30-26(32(46)40(34(30)48)24-13-19(37)10-20(38)14-24)28(42(41)29(25)33(39)47)16-3-7-22(8-4-16)44(51)52/h1-14,25-30H. The maximum Gasteiger partial charge on any atom is 0.269 e. The van der Waals surface area contributed by atoms with Crippen molar-refractivity contribution in [2.75, 3.05) is 9.80 Å². The molecule has 4 aromatic rings. The van der Waals surface area contributed by atoms with Crippen molar-refractivity contribution in [2.45, 2.75) is 24.2 Å². The highest BCUT2D eigenvalue weighted by molar-refractivity contribution is 6.37. The number of rotatable bonds is 6. The van der Waals surface area contributed by atoms with Crippen LogP contribution in [0.5, 0.6) is 0 Å². The van der Waals surface area contributed by atoms with Crippen LogP contribution in [-0.4, -0.2) is 55.6 Å². The van der Waals surface area contributed by atoms with Crippen molar-refractivity contribution in [3.8, 4) is 0 Å². The van der Waals surface area contributed by atoms with Crippen LogP contribution < -0.4 is 9.80 Å². The van der Waals surface area contributed by atoms with Crippen LogP contribution in [0, 0.1) is 32.1 Å². The number of imide groups is 2. The first-order chi connectivity index (χ1) is 24.8. The summed E-state index contributed by atoms with van der Waals surface area (Å²) in [5.41, 5.74) is 0.416. The number of nitrogens with zero attached hydrogens (tertiary/aromatic N) is 6. The van der Waals surface area contributed by atoms with Gasteiger partial charge in [0.05, 0.1) is 45.1 Å². The molecule has 0 bridgehead atoms. The predicted octanol–water partition coefficient (Wildman–Crippen LogP) is 6.56. The van der Waals surface area contributed by atoms with Gasteiger partial charge in [-0.2, -0.15) is 0 Å². The van der Waals surface area contributed by atoms with Gasteiger partial charge in [0.1, 0.15) is 12.1 Å². The third-order valence-electron chi connectivity index (χ3n) is 9.83. The molecule has 4 aliphatic rings. The second-order valence-electron chi connectivity index (χ2n) is 12.6. The van der Waals surface area contributed by atoms with Gasteiger partial charge in [0, 0.05) is 44.4 Å². The number of fused-ring (bicyclic) bond motifs is 5. The number of nitro groups is 2. The summed E-state index contributed by atoms with van der Waals surface area (Å²) < 4.78 is 0. The van der Waals surface area contributed by atoms with E-state index in [9.17, 15) is 39.4 Å². The molecule has 262 valence electrons. The maximum absolute atomic E-state index is 14.6. The zero-order valence-electron chi connectivity index (χ0n) is 26.0. The molecule has 4 saturated heterocycles. The summed E-state index contributed by atoms with van der Waals surface area (Å²) in [6.07, 6.45) is 0. The normalized spacial score (nSPS) is 25.5. The lowest BCUT2D eigenvalue weighted by Crippen LogP contribution is -2.50. The highest BCUT2D eigenvalue weighted by Crippen LogP contribution is 2.60. The molecular weight excluding hydrogens is 762 g/mol. The van der Waals surface area contributed by atoms with E-state index in [0.717, 1.165) is 9.80 Å². The van der Waals surface area contributed by atoms with Crippen molar-refractivity contribution in [3.05, 3.63) is 136 Å². The number of non-ortho nitro benzene ring substituents is 2. The highest BCUT2D eigenvalue weighted by atomic mass is 35.5. The lowest BCUT2D eigenvalue weighted by atomic mass is 9.84. The average Bonchev–Trinajstić information content (AvgIpc) is 3.75.